The van der Waals surface area contributed by atoms with E-state index in [9.17, 15) is 4.79 Å². The zero-order valence-corrected chi connectivity index (χ0v) is 8.13. The maximum atomic E-state index is 10.8. The number of carbonyl (C=O) groups excluding carboxylic acids is 1. The molecule has 1 rings (SSSR count). The largest absolute Gasteiger partial charge is 0.426 e. The van der Waals surface area contributed by atoms with Crippen LogP contribution in [0.3, 0.4) is 0 Å². The number of aryl methyl sites for hydroxylation is 1. The summed E-state index contributed by atoms with van der Waals surface area (Å²) in [6.07, 6.45) is 0. The molecule has 0 heterocycles. The number of nitrogens with one attached hydrogen (secondary N) is 1. The lowest BCUT2D eigenvalue weighted by Gasteiger charge is -2.07. The summed E-state index contributed by atoms with van der Waals surface area (Å²) in [5.74, 6) is -0.190. The van der Waals surface area contributed by atoms with Crippen molar-refractivity contribution < 1.29 is 9.53 Å². The van der Waals surface area contributed by atoms with E-state index < -0.39 is 5.97 Å². The molecule has 0 bridgehead atoms. The van der Waals surface area contributed by atoms with Crippen molar-refractivity contribution in [2.45, 2.75) is 13.8 Å². The SMILES string of the molecule is CC(=O)Oc1cc(C)ccc1C(=N)N. The molecule has 0 spiro atoms. The van der Waals surface area contributed by atoms with Gasteiger partial charge < -0.3 is 10.5 Å². The first-order chi connectivity index (χ1) is 6.50. The Labute approximate surface area is 82.2 Å². The number of amidine groups is 1. The van der Waals surface area contributed by atoms with Gasteiger partial charge in [0.15, 0.2) is 0 Å². The Balaban J connectivity index is 3.15. The Kier molecular flexibility index (Phi) is 2.86. The molecule has 0 fully saturated rings. The minimum Gasteiger partial charge on any atom is -0.426 e. The number of rotatable bonds is 2. The predicted molar refractivity (Wildman–Crippen MR) is 53.5 cm³/mol. The maximum Gasteiger partial charge on any atom is 0.308 e. The van der Waals surface area contributed by atoms with Gasteiger partial charge in [0.25, 0.3) is 0 Å². The fourth-order valence-electron chi connectivity index (χ4n) is 1.09. The molecule has 0 atom stereocenters. The monoisotopic (exact) mass is 192 g/mol. The highest BCUT2D eigenvalue weighted by Gasteiger charge is 2.08. The van der Waals surface area contributed by atoms with E-state index in [2.05, 4.69) is 0 Å². The van der Waals surface area contributed by atoms with E-state index in [4.69, 9.17) is 15.9 Å². The van der Waals surface area contributed by atoms with Crippen LogP contribution in [0.5, 0.6) is 5.75 Å². The fraction of sp³-hybridized carbons (Fsp3) is 0.200. The minimum absolute atomic E-state index is 0.110. The van der Waals surface area contributed by atoms with Crippen molar-refractivity contribution in [1.29, 1.82) is 5.41 Å². The molecule has 3 N–H and O–H groups in total. The molecule has 0 unspecified atom stereocenters. The lowest BCUT2D eigenvalue weighted by atomic mass is 10.1. The van der Waals surface area contributed by atoms with E-state index in [1.807, 2.05) is 13.0 Å². The average Bonchev–Trinajstić information content (AvgIpc) is 2.01. The fourth-order valence-corrected chi connectivity index (χ4v) is 1.09. The second-order valence-corrected chi connectivity index (χ2v) is 3.01. The summed E-state index contributed by atoms with van der Waals surface area (Å²) in [6.45, 7) is 3.18. The molecule has 0 aromatic heterocycles. The van der Waals surface area contributed by atoms with Crippen LogP contribution in [-0.4, -0.2) is 11.8 Å². The van der Waals surface area contributed by atoms with E-state index in [1.165, 1.54) is 6.92 Å². The number of hydrogen-bond acceptors (Lipinski definition) is 3. The van der Waals surface area contributed by atoms with Crippen LogP contribution in [0.1, 0.15) is 18.1 Å². The Morgan fingerprint density at radius 1 is 1.50 bits per heavy atom. The van der Waals surface area contributed by atoms with Crippen LogP contribution >= 0.6 is 0 Å². The maximum absolute atomic E-state index is 10.8. The van der Waals surface area contributed by atoms with Gasteiger partial charge in [-0.15, -0.1) is 0 Å². The molecule has 14 heavy (non-hydrogen) atoms. The smallest absolute Gasteiger partial charge is 0.308 e. The number of benzene rings is 1. The molecule has 0 aliphatic heterocycles. The Hall–Kier alpha value is -1.84. The van der Waals surface area contributed by atoms with Crippen LogP contribution in [0.15, 0.2) is 18.2 Å². The van der Waals surface area contributed by atoms with E-state index >= 15 is 0 Å². The lowest BCUT2D eigenvalue weighted by Crippen LogP contribution is -2.14. The van der Waals surface area contributed by atoms with E-state index in [0.29, 0.717) is 11.3 Å². The van der Waals surface area contributed by atoms with Gasteiger partial charge in [0.2, 0.25) is 0 Å². The minimum atomic E-state index is -0.418. The summed E-state index contributed by atoms with van der Waals surface area (Å²) in [5.41, 5.74) is 6.72. The van der Waals surface area contributed by atoms with Crippen molar-refractivity contribution in [3.05, 3.63) is 29.3 Å². The Morgan fingerprint density at radius 2 is 2.14 bits per heavy atom. The van der Waals surface area contributed by atoms with Crippen molar-refractivity contribution in [1.82, 2.24) is 0 Å². The van der Waals surface area contributed by atoms with E-state index in [-0.39, 0.29) is 5.84 Å². The van der Waals surface area contributed by atoms with Crippen LogP contribution < -0.4 is 10.5 Å². The van der Waals surface area contributed by atoms with Gasteiger partial charge in [0.1, 0.15) is 11.6 Å². The summed E-state index contributed by atoms with van der Waals surface area (Å²) in [7, 11) is 0. The van der Waals surface area contributed by atoms with Gasteiger partial charge in [-0.25, -0.2) is 0 Å². The van der Waals surface area contributed by atoms with Gasteiger partial charge in [-0.05, 0) is 24.6 Å². The van der Waals surface area contributed by atoms with Gasteiger partial charge >= 0.3 is 5.97 Å². The molecule has 0 radical (unpaired) electrons. The van der Waals surface area contributed by atoms with Crippen molar-refractivity contribution in [3.63, 3.8) is 0 Å². The molecule has 0 saturated carbocycles. The molecule has 74 valence electrons. The van der Waals surface area contributed by atoms with Gasteiger partial charge in [0.05, 0.1) is 5.56 Å². The molecule has 1 aromatic carbocycles. The molecule has 0 saturated heterocycles. The summed E-state index contributed by atoms with van der Waals surface area (Å²) < 4.78 is 4.93. The summed E-state index contributed by atoms with van der Waals surface area (Å²) >= 11 is 0. The molecule has 4 nitrogen and oxygen atoms in total. The molecule has 0 aliphatic rings. The quantitative estimate of drug-likeness (QED) is 0.320. The summed E-state index contributed by atoms with van der Waals surface area (Å²) in [6, 6.07) is 5.15. The van der Waals surface area contributed by atoms with Crippen molar-refractivity contribution in [2.75, 3.05) is 0 Å². The molecular weight excluding hydrogens is 180 g/mol. The molecular formula is C10H12N2O2. The third-order valence-electron chi connectivity index (χ3n) is 1.68. The molecule has 0 aliphatic carbocycles. The zero-order chi connectivity index (χ0) is 10.7. The number of nitrogen functional groups attached to an aromatic ring is 1. The normalized spacial score (nSPS) is 9.57. The number of carbonyl (C=O) groups is 1. The van der Waals surface area contributed by atoms with Crippen LogP contribution in [0.4, 0.5) is 0 Å². The highest BCUT2D eigenvalue weighted by molar-refractivity contribution is 5.98. The van der Waals surface area contributed by atoms with Gasteiger partial charge in [-0.1, -0.05) is 6.07 Å². The zero-order valence-electron chi connectivity index (χ0n) is 8.13. The van der Waals surface area contributed by atoms with Crippen LogP contribution in [0.2, 0.25) is 0 Å². The summed E-state index contributed by atoms with van der Waals surface area (Å²) in [5, 5.41) is 7.28. The topological polar surface area (TPSA) is 76.2 Å². The van der Waals surface area contributed by atoms with Crippen molar-refractivity contribution in [2.24, 2.45) is 5.73 Å². The molecule has 1 aromatic rings. The predicted octanol–water partition coefficient (Wildman–Crippen LogP) is 1.20. The second-order valence-electron chi connectivity index (χ2n) is 3.01. The summed E-state index contributed by atoms with van der Waals surface area (Å²) in [4.78, 5) is 10.8. The first kappa shape index (κ1) is 10.2. The van der Waals surface area contributed by atoms with Gasteiger partial charge in [-0.2, -0.15) is 0 Å². The highest BCUT2D eigenvalue weighted by atomic mass is 16.5. The van der Waals surface area contributed by atoms with Crippen LogP contribution in [0, 0.1) is 12.3 Å². The van der Waals surface area contributed by atoms with Gasteiger partial charge in [0, 0.05) is 6.92 Å². The standard InChI is InChI=1S/C10H12N2O2/c1-6-3-4-8(10(11)12)9(5-6)14-7(2)13/h3-5H,1-2H3,(H3,11,12). The number of ether oxygens (including phenoxy) is 1. The number of nitrogens with two attached hydrogens (primary N) is 1. The highest BCUT2D eigenvalue weighted by Crippen LogP contribution is 2.19. The average molecular weight is 192 g/mol. The van der Waals surface area contributed by atoms with E-state index in [1.54, 1.807) is 12.1 Å². The second kappa shape index (κ2) is 3.91. The molecule has 0 amide bonds. The van der Waals surface area contributed by atoms with Crippen LogP contribution in [-0.2, 0) is 4.79 Å². The van der Waals surface area contributed by atoms with Crippen LogP contribution in [0.25, 0.3) is 0 Å². The molecule has 4 heteroatoms. The third kappa shape index (κ3) is 2.32. The first-order valence-electron chi connectivity index (χ1n) is 4.14. The van der Waals surface area contributed by atoms with E-state index in [0.717, 1.165) is 5.56 Å². The number of esters is 1. The Morgan fingerprint density at radius 3 is 2.64 bits per heavy atom. The van der Waals surface area contributed by atoms with Crippen molar-refractivity contribution >= 4 is 11.8 Å². The number of hydrogen-bond donors (Lipinski definition) is 2. The lowest BCUT2D eigenvalue weighted by molar-refractivity contribution is -0.131. The van der Waals surface area contributed by atoms with Crippen molar-refractivity contribution in [3.8, 4) is 5.75 Å². The Bertz CT molecular complexity index is 386. The van der Waals surface area contributed by atoms with Gasteiger partial charge in [-0.3, -0.25) is 10.2 Å². The first-order valence-corrected chi connectivity index (χ1v) is 4.14. The third-order valence-corrected chi connectivity index (χ3v) is 1.68.